The second-order valence-electron chi connectivity index (χ2n) is 4.92. The van der Waals surface area contributed by atoms with Crippen LogP contribution in [0.15, 0.2) is 10.4 Å². The average Bonchev–Trinajstić information content (AvgIpc) is 2.87. The molecule has 9 heteroatoms. The maximum Gasteiger partial charge on any atom is 0.249 e. The minimum Gasteiger partial charge on any atom is -0.395 e. The first kappa shape index (κ1) is 15.6. The molecule has 1 aliphatic rings. The average molecular weight is 320 g/mol. The minimum absolute atomic E-state index is 0.0813. The molecule has 0 bridgehead atoms. The summed E-state index contributed by atoms with van der Waals surface area (Å²) in [6.45, 7) is 3.72. The van der Waals surface area contributed by atoms with Gasteiger partial charge in [-0.1, -0.05) is 11.3 Å². The van der Waals surface area contributed by atoms with E-state index in [4.69, 9.17) is 10.2 Å². The molecule has 0 radical (unpaired) electrons. The van der Waals surface area contributed by atoms with E-state index in [-0.39, 0.29) is 10.8 Å². The SMILES string of the molecule is NS(=O)(=O)c1cnc(NCC2CCN(CCO)CC2)s1. The Labute approximate surface area is 122 Å². The smallest absolute Gasteiger partial charge is 0.249 e. The quantitative estimate of drug-likeness (QED) is 0.676. The van der Waals surface area contributed by atoms with Gasteiger partial charge in [0.05, 0.1) is 12.8 Å². The molecule has 0 amide bonds. The normalized spacial score (nSPS) is 18.3. The van der Waals surface area contributed by atoms with Crippen LogP contribution in [-0.4, -0.2) is 56.2 Å². The third-order valence-electron chi connectivity index (χ3n) is 3.43. The standard InChI is InChI=1S/C11H20N4O3S2/c12-20(17,18)10-8-14-11(19-10)13-7-9-1-3-15(4-2-9)5-6-16/h8-9,16H,1-7H2,(H,13,14)(H2,12,17,18). The van der Waals surface area contributed by atoms with Gasteiger partial charge in [0.25, 0.3) is 0 Å². The summed E-state index contributed by atoms with van der Waals surface area (Å²) in [5.41, 5.74) is 0. The number of piperidine rings is 1. The van der Waals surface area contributed by atoms with E-state index in [0.29, 0.717) is 11.0 Å². The molecule has 1 aliphatic heterocycles. The first-order chi connectivity index (χ1) is 9.49. The zero-order valence-electron chi connectivity index (χ0n) is 11.2. The maximum atomic E-state index is 11.1. The number of primary sulfonamides is 1. The lowest BCUT2D eigenvalue weighted by Crippen LogP contribution is -2.37. The van der Waals surface area contributed by atoms with Crippen LogP contribution < -0.4 is 10.5 Å². The number of rotatable bonds is 6. The largest absolute Gasteiger partial charge is 0.395 e. The fourth-order valence-electron chi connectivity index (χ4n) is 2.26. The minimum atomic E-state index is -3.65. The number of hydrogen-bond donors (Lipinski definition) is 3. The van der Waals surface area contributed by atoms with Gasteiger partial charge in [-0.2, -0.15) is 0 Å². The number of aliphatic hydroxyl groups is 1. The molecule has 1 fully saturated rings. The second kappa shape index (κ2) is 6.81. The Morgan fingerprint density at radius 2 is 2.20 bits per heavy atom. The van der Waals surface area contributed by atoms with E-state index in [9.17, 15) is 8.42 Å². The number of nitrogens with one attached hydrogen (secondary N) is 1. The lowest BCUT2D eigenvalue weighted by Gasteiger charge is -2.31. The summed E-state index contributed by atoms with van der Waals surface area (Å²) in [6, 6.07) is 0. The first-order valence-electron chi connectivity index (χ1n) is 6.55. The maximum absolute atomic E-state index is 11.1. The van der Waals surface area contributed by atoms with Gasteiger partial charge in [-0.3, -0.25) is 0 Å². The molecule has 7 nitrogen and oxygen atoms in total. The Morgan fingerprint density at radius 1 is 1.50 bits per heavy atom. The Morgan fingerprint density at radius 3 is 2.75 bits per heavy atom. The Balaban J connectivity index is 1.78. The molecule has 0 unspecified atom stereocenters. The molecular formula is C11H20N4O3S2. The van der Waals surface area contributed by atoms with Gasteiger partial charge in [-0.15, -0.1) is 0 Å². The summed E-state index contributed by atoms with van der Waals surface area (Å²) < 4.78 is 22.4. The molecule has 0 spiro atoms. The van der Waals surface area contributed by atoms with Crippen LogP contribution in [0.2, 0.25) is 0 Å². The van der Waals surface area contributed by atoms with Gasteiger partial charge in [-0.05, 0) is 31.8 Å². The van der Waals surface area contributed by atoms with Crippen molar-refractivity contribution in [1.82, 2.24) is 9.88 Å². The Kier molecular flexibility index (Phi) is 5.33. The van der Waals surface area contributed by atoms with E-state index in [1.165, 1.54) is 6.20 Å². The molecule has 4 N–H and O–H groups in total. The molecular weight excluding hydrogens is 300 g/mol. The van der Waals surface area contributed by atoms with Gasteiger partial charge in [0, 0.05) is 13.1 Å². The molecule has 114 valence electrons. The third-order valence-corrected chi connectivity index (χ3v) is 5.79. The van der Waals surface area contributed by atoms with Crippen LogP contribution in [0.5, 0.6) is 0 Å². The van der Waals surface area contributed by atoms with E-state index >= 15 is 0 Å². The van der Waals surface area contributed by atoms with E-state index in [0.717, 1.165) is 50.4 Å². The number of likely N-dealkylation sites (tertiary alicyclic amines) is 1. The summed E-state index contributed by atoms with van der Waals surface area (Å²) in [5, 5.41) is 17.7. The highest BCUT2D eigenvalue weighted by Crippen LogP contribution is 2.23. The first-order valence-corrected chi connectivity index (χ1v) is 8.91. The zero-order valence-corrected chi connectivity index (χ0v) is 12.8. The number of nitrogens with two attached hydrogens (primary N) is 1. The van der Waals surface area contributed by atoms with Gasteiger partial charge < -0.3 is 15.3 Å². The van der Waals surface area contributed by atoms with Crippen molar-refractivity contribution in [3.63, 3.8) is 0 Å². The number of sulfonamides is 1. The summed E-state index contributed by atoms with van der Waals surface area (Å²) in [6.07, 6.45) is 3.42. The third kappa shape index (κ3) is 4.38. The molecule has 1 aromatic heterocycles. The van der Waals surface area contributed by atoms with Crippen molar-refractivity contribution in [3.05, 3.63) is 6.20 Å². The molecule has 1 aromatic rings. The number of thiazole rings is 1. The van der Waals surface area contributed by atoms with Crippen molar-refractivity contribution < 1.29 is 13.5 Å². The highest BCUT2D eigenvalue weighted by molar-refractivity contribution is 7.91. The number of aromatic nitrogens is 1. The van der Waals surface area contributed by atoms with E-state index < -0.39 is 10.0 Å². The fourth-order valence-corrected chi connectivity index (χ4v) is 3.72. The van der Waals surface area contributed by atoms with Crippen LogP contribution in [0.3, 0.4) is 0 Å². The Bertz CT molecular complexity index is 524. The highest BCUT2D eigenvalue weighted by Gasteiger charge is 2.19. The van der Waals surface area contributed by atoms with Crippen LogP contribution >= 0.6 is 11.3 Å². The monoisotopic (exact) mass is 320 g/mol. The number of β-amino-alcohol motifs (C(OH)–C–C–N with tert-alkyl or cyclic N) is 1. The Hall–Kier alpha value is -0.740. The van der Waals surface area contributed by atoms with Crippen molar-refractivity contribution in [2.45, 2.75) is 17.1 Å². The van der Waals surface area contributed by atoms with Crippen molar-refractivity contribution in [2.24, 2.45) is 11.1 Å². The van der Waals surface area contributed by atoms with Crippen molar-refractivity contribution >= 4 is 26.5 Å². The van der Waals surface area contributed by atoms with E-state index in [1.807, 2.05) is 0 Å². The van der Waals surface area contributed by atoms with Crippen molar-refractivity contribution in [2.75, 3.05) is 38.1 Å². The summed E-state index contributed by atoms with van der Waals surface area (Å²) in [7, 11) is -3.65. The van der Waals surface area contributed by atoms with Crippen LogP contribution in [0, 0.1) is 5.92 Å². The number of aliphatic hydroxyl groups excluding tert-OH is 1. The van der Waals surface area contributed by atoms with Crippen molar-refractivity contribution in [3.8, 4) is 0 Å². The molecule has 0 atom stereocenters. The topological polar surface area (TPSA) is 109 Å². The molecule has 20 heavy (non-hydrogen) atoms. The predicted molar refractivity (Wildman–Crippen MR) is 78.2 cm³/mol. The van der Waals surface area contributed by atoms with Crippen LogP contribution in [0.4, 0.5) is 5.13 Å². The van der Waals surface area contributed by atoms with Gasteiger partial charge in [0.1, 0.15) is 0 Å². The van der Waals surface area contributed by atoms with Gasteiger partial charge in [-0.25, -0.2) is 18.5 Å². The molecule has 1 saturated heterocycles. The molecule has 0 saturated carbocycles. The van der Waals surface area contributed by atoms with Gasteiger partial charge in [0.2, 0.25) is 10.0 Å². The van der Waals surface area contributed by atoms with Gasteiger partial charge >= 0.3 is 0 Å². The van der Waals surface area contributed by atoms with E-state index in [1.54, 1.807) is 0 Å². The number of hydrogen-bond acceptors (Lipinski definition) is 7. The van der Waals surface area contributed by atoms with Crippen LogP contribution in [0.1, 0.15) is 12.8 Å². The number of nitrogens with zero attached hydrogens (tertiary/aromatic N) is 2. The summed E-state index contributed by atoms with van der Waals surface area (Å²) >= 11 is 1.06. The molecule has 2 rings (SSSR count). The fraction of sp³-hybridized carbons (Fsp3) is 0.727. The number of anilines is 1. The second-order valence-corrected chi connectivity index (χ2v) is 7.74. The van der Waals surface area contributed by atoms with Crippen LogP contribution in [0.25, 0.3) is 0 Å². The van der Waals surface area contributed by atoms with Crippen LogP contribution in [-0.2, 0) is 10.0 Å². The molecule has 2 heterocycles. The lowest BCUT2D eigenvalue weighted by molar-refractivity contribution is 0.151. The molecule has 0 aromatic carbocycles. The summed E-state index contributed by atoms with van der Waals surface area (Å²) in [4.78, 5) is 6.27. The highest BCUT2D eigenvalue weighted by atomic mass is 32.2. The zero-order chi connectivity index (χ0) is 14.6. The van der Waals surface area contributed by atoms with Gasteiger partial charge in [0.15, 0.2) is 9.34 Å². The predicted octanol–water partition coefficient (Wildman–Crippen LogP) is -0.0933. The van der Waals surface area contributed by atoms with Crippen molar-refractivity contribution in [1.29, 1.82) is 0 Å². The lowest BCUT2D eigenvalue weighted by atomic mass is 9.97. The molecule has 0 aliphatic carbocycles. The van der Waals surface area contributed by atoms with E-state index in [2.05, 4.69) is 15.2 Å². The summed E-state index contributed by atoms with van der Waals surface area (Å²) in [5.74, 6) is 0.548.